The molecule has 0 heterocycles. The summed E-state index contributed by atoms with van der Waals surface area (Å²) in [5.41, 5.74) is 3.19. The van der Waals surface area contributed by atoms with Crippen molar-refractivity contribution in [2.24, 2.45) is 5.73 Å². The molecule has 1 saturated carbocycles. The summed E-state index contributed by atoms with van der Waals surface area (Å²) in [7, 11) is 0. The number of nitro groups is 1. The first-order valence-corrected chi connectivity index (χ1v) is 6.05. The van der Waals surface area contributed by atoms with Crippen molar-refractivity contribution in [2.75, 3.05) is 0 Å². The van der Waals surface area contributed by atoms with Gasteiger partial charge in [0, 0.05) is 12.5 Å². The van der Waals surface area contributed by atoms with Crippen molar-refractivity contribution >= 4 is 11.7 Å². The molecular formula is C12H12F2N2O5. The Balaban J connectivity index is 2.17. The van der Waals surface area contributed by atoms with Crippen LogP contribution >= 0.6 is 0 Å². The number of rotatable bonds is 4. The molecule has 3 N–H and O–H groups in total. The molecule has 0 aliphatic heterocycles. The van der Waals surface area contributed by atoms with Gasteiger partial charge in [-0.15, -0.1) is 0 Å². The van der Waals surface area contributed by atoms with Crippen molar-refractivity contribution in [3.8, 4) is 5.75 Å². The molecule has 1 aromatic rings. The molecule has 114 valence electrons. The van der Waals surface area contributed by atoms with Crippen LogP contribution in [0.3, 0.4) is 0 Å². The Hall–Kier alpha value is -2.29. The summed E-state index contributed by atoms with van der Waals surface area (Å²) in [4.78, 5) is 20.4. The number of benzene rings is 1. The first kappa shape index (κ1) is 15.1. The zero-order valence-corrected chi connectivity index (χ0v) is 10.7. The summed E-state index contributed by atoms with van der Waals surface area (Å²) in [6, 6.07) is 0.997. The molecule has 21 heavy (non-hydrogen) atoms. The zero-order chi connectivity index (χ0) is 15.8. The molecule has 0 radical (unpaired) electrons. The minimum absolute atomic E-state index is 0.0552. The van der Waals surface area contributed by atoms with E-state index in [0.717, 1.165) is 0 Å². The van der Waals surface area contributed by atoms with E-state index >= 15 is 0 Å². The number of ether oxygens (including phenoxy) is 1. The third-order valence-corrected chi connectivity index (χ3v) is 3.42. The number of carboxylic acids is 1. The summed E-state index contributed by atoms with van der Waals surface area (Å²) in [6.45, 7) is 0. The summed E-state index contributed by atoms with van der Waals surface area (Å²) in [6.07, 6.45) is -0.341. The highest BCUT2D eigenvalue weighted by molar-refractivity contribution is 5.79. The van der Waals surface area contributed by atoms with Crippen LogP contribution in [0.5, 0.6) is 5.75 Å². The molecule has 2 rings (SSSR count). The van der Waals surface area contributed by atoms with Crippen LogP contribution < -0.4 is 10.5 Å². The second kappa shape index (κ2) is 5.24. The minimum Gasteiger partial charge on any atom is -0.487 e. The monoisotopic (exact) mass is 302 g/mol. The van der Waals surface area contributed by atoms with E-state index in [1.54, 1.807) is 0 Å². The predicted molar refractivity (Wildman–Crippen MR) is 65.8 cm³/mol. The van der Waals surface area contributed by atoms with Crippen molar-refractivity contribution < 1.29 is 28.3 Å². The highest BCUT2D eigenvalue weighted by atomic mass is 19.1. The maximum Gasteiger partial charge on any atom is 0.323 e. The molecule has 2 atom stereocenters. The van der Waals surface area contributed by atoms with Crippen LogP contribution in [0.4, 0.5) is 14.5 Å². The fourth-order valence-electron chi connectivity index (χ4n) is 2.25. The molecule has 2 unspecified atom stereocenters. The molecule has 0 bridgehead atoms. The Morgan fingerprint density at radius 1 is 1.48 bits per heavy atom. The van der Waals surface area contributed by atoms with Crippen molar-refractivity contribution in [1.82, 2.24) is 0 Å². The van der Waals surface area contributed by atoms with Gasteiger partial charge in [0.05, 0.1) is 11.0 Å². The zero-order valence-electron chi connectivity index (χ0n) is 10.7. The normalized spacial score (nSPS) is 24.8. The van der Waals surface area contributed by atoms with E-state index in [4.69, 9.17) is 15.6 Å². The van der Waals surface area contributed by atoms with Crippen LogP contribution in [-0.2, 0) is 4.79 Å². The summed E-state index contributed by atoms with van der Waals surface area (Å²) in [5.74, 6) is -4.01. The Morgan fingerprint density at radius 2 is 2.14 bits per heavy atom. The number of carbonyl (C=O) groups is 1. The summed E-state index contributed by atoms with van der Waals surface area (Å²) >= 11 is 0. The molecule has 9 heteroatoms. The lowest BCUT2D eigenvalue weighted by Gasteiger charge is -2.19. The van der Waals surface area contributed by atoms with E-state index in [1.807, 2.05) is 0 Å². The largest absolute Gasteiger partial charge is 0.487 e. The topological polar surface area (TPSA) is 116 Å². The van der Waals surface area contributed by atoms with Gasteiger partial charge in [0.15, 0.2) is 11.6 Å². The van der Waals surface area contributed by atoms with Crippen molar-refractivity contribution in [1.29, 1.82) is 0 Å². The second-order valence-electron chi connectivity index (χ2n) is 4.94. The average molecular weight is 302 g/mol. The van der Waals surface area contributed by atoms with Gasteiger partial charge in [-0.1, -0.05) is 0 Å². The van der Waals surface area contributed by atoms with Gasteiger partial charge < -0.3 is 15.6 Å². The van der Waals surface area contributed by atoms with Crippen LogP contribution in [0.15, 0.2) is 12.1 Å². The maximum atomic E-state index is 13.7. The van der Waals surface area contributed by atoms with Crippen LogP contribution in [0, 0.1) is 21.7 Å². The molecule has 0 aromatic heterocycles. The Kier molecular flexibility index (Phi) is 3.77. The van der Waals surface area contributed by atoms with Gasteiger partial charge in [-0.25, -0.2) is 4.39 Å². The highest BCUT2D eigenvalue weighted by Gasteiger charge is 2.43. The van der Waals surface area contributed by atoms with Crippen molar-refractivity contribution in [3.05, 3.63) is 33.9 Å². The maximum absolute atomic E-state index is 13.7. The van der Waals surface area contributed by atoms with E-state index in [-0.39, 0.29) is 19.3 Å². The summed E-state index contributed by atoms with van der Waals surface area (Å²) in [5, 5.41) is 19.4. The van der Waals surface area contributed by atoms with E-state index in [9.17, 15) is 23.7 Å². The number of hydrogen-bond donors (Lipinski definition) is 2. The van der Waals surface area contributed by atoms with Gasteiger partial charge in [0.1, 0.15) is 11.6 Å². The van der Waals surface area contributed by atoms with Gasteiger partial charge in [0.2, 0.25) is 5.82 Å². The Bertz CT molecular complexity index is 610. The predicted octanol–water partition coefficient (Wildman–Crippen LogP) is 1.59. The molecule has 0 spiro atoms. The molecule has 1 aliphatic rings. The summed E-state index contributed by atoms with van der Waals surface area (Å²) < 4.78 is 32.3. The van der Waals surface area contributed by atoms with Crippen LogP contribution in [0.1, 0.15) is 19.3 Å². The van der Waals surface area contributed by atoms with E-state index in [1.165, 1.54) is 0 Å². The minimum atomic E-state index is -1.46. The number of carboxylic acid groups (broad SMARTS) is 1. The molecule has 0 amide bonds. The molecule has 0 saturated heterocycles. The van der Waals surface area contributed by atoms with Gasteiger partial charge >= 0.3 is 11.7 Å². The first-order valence-electron chi connectivity index (χ1n) is 6.05. The van der Waals surface area contributed by atoms with Gasteiger partial charge in [0.25, 0.3) is 0 Å². The van der Waals surface area contributed by atoms with Gasteiger partial charge in [-0.3, -0.25) is 14.9 Å². The number of hydrogen-bond acceptors (Lipinski definition) is 5. The molecule has 1 aliphatic carbocycles. The molecule has 7 nitrogen and oxygen atoms in total. The lowest BCUT2D eigenvalue weighted by atomic mass is 10.00. The number of nitrogens with two attached hydrogens (primary N) is 1. The second-order valence-corrected chi connectivity index (χ2v) is 4.94. The SMILES string of the molecule is NC1(C(=O)O)CCC(Oc2cc(F)c([N+](=O)[O-])cc2F)C1. The van der Waals surface area contributed by atoms with Crippen molar-refractivity contribution in [2.45, 2.75) is 30.9 Å². The van der Waals surface area contributed by atoms with E-state index < -0.39 is 45.6 Å². The van der Waals surface area contributed by atoms with Gasteiger partial charge in [-0.05, 0) is 12.8 Å². The Morgan fingerprint density at radius 3 is 2.67 bits per heavy atom. The lowest BCUT2D eigenvalue weighted by Crippen LogP contribution is -2.46. The van der Waals surface area contributed by atoms with Gasteiger partial charge in [-0.2, -0.15) is 4.39 Å². The third kappa shape index (κ3) is 2.92. The quantitative estimate of drug-likeness (QED) is 0.644. The van der Waals surface area contributed by atoms with Crippen LogP contribution in [-0.4, -0.2) is 27.6 Å². The number of nitro benzene ring substituents is 1. The average Bonchev–Trinajstić information content (AvgIpc) is 2.76. The van der Waals surface area contributed by atoms with Crippen LogP contribution in [0.2, 0.25) is 0 Å². The highest BCUT2D eigenvalue weighted by Crippen LogP contribution is 2.33. The standard InChI is InChI=1S/C12H12F2N2O5/c13-7-4-10(8(14)3-9(7)16(19)20)21-6-1-2-12(15,5-6)11(17)18/h3-4,6H,1-2,5,15H2,(H,17,18). The van der Waals surface area contributed by atoms with E-state index in [2.05, 4.69) is 0 Å². The third-order valence-electron chi connectivity index (χ3n) is 3.42. The smallest absolute Gasteiger partial charge is 0.323 e. The molecular weight excluding hydrogens is 290 g/mol. The number of nitrogens with zero attached hydrogens (tertiary/aromatic N) is 1. The fraction of sp³-hybridized carbons (Fsp3) is 0.417. The van der Waals surface area contributed by atoms with Crippen LogP contribution in [0.25, 0.3) is 0 Å². The molecule has 1 aromatic carbocycles. The van der Waals surface area contributed by atoms with Crippen molar-refractivity contribution in [3.63, 3.8) is 0 Å². The number of halogens is 2. The van der Waals surface area contributed by atoms with E-state index in [0.29, 0.717) is 12.1 Å². The fourth-order valence-corrected chi connectivity index (χ4v) is 2.25. The molecule has 1 fully saturated rings. The Labute approximate surface area is 117 Å². The number of aliphatic carboxylic acids is 1. The first-order chi connectivity index (χ1) is 9.73. The lowest BCUT2D eigenvalue weighted by molar-refractivity contribution is -0.387.